The second-order valence-electron chi connectivity index (χ2n) is 5.96. The number of nitrogens with zero attached hydrogens (tertiary/aromatic N) is 1. The van der Waals surface area contributed by atoms with Crippen molar-refractivity contribution in [1.82, 2.24) is 4.98 Å². The molecule has 2 rings (SSSR count). The number of rotatable bonds is 3. The molecule has 0 amide bonds. The van der Waals surface area contributed by atoms with Gasteiger partial charge in [-0.05, 0) is 71.9 Å². The number of aromatic nitrogens is 1. The molecule has 1 aromatic heterocycles. The van der Waals surface area contributed by atoms with Crippen molar-refractivity contribution in [2.75, 3.05) is 0 Å². The van der Waals surface area contributed by atoms with Crippen molar-refractivity contribution < 1.29 is 13.9 Å². The van der Waals surface area contributed by atoms with Crippen molar-refractivity contribution >= 4 is 15.9 Å². The monoisotopic (exact) mass is 394 g/mol. The lowest BCUT2D eigenvalue weighted by Crippen LogP contribution is -2.17. The molecule has 0 aliphatic rings. The first kappa shape index (κ1) is 18.5. The maximum atomic E-state index is 13.3. The molecule has 0 fully saturated rings. The standard InChI is InChI=1S/C18H17BrF2N2O/c1-18(2,24)6-5-14-3-4-15(19)17(23-14)16(22)9-11-7-12(20)10-13(21)8-11/h3-4,7-8,10,16,24H,9,22H2,1-2H3/t16-/m0/s1. The van der Waals surface area contributed by atoms with Crippen molar-refractivity contribution in [1.29, 1.82) is 0 Å². The van der Waals surface area contributed by atoms with Crippen LogP contribution < -0.4 is 5.73 Å². The van der Waals surface area contributed by atoms with Gasteiger partial charge in [0.15, 0.2) is 0 Å². The van der Waals surface area contributed by atoms with Gasteiger partial charge in [0.25, 0.3) is 0 Å². The zero-order valence-corrected chi connectivity index (χ0v) is 14.9. The zero-order valence-electron chi connectivity index (χ0n) is 13.3. The molecule has 0 saturated carbocycles. The van der Waals surface area contributed by atoms with E-state index in [2.05, 4.69) is 32.8 Å². The number of hydrogen-bond donors (Lipinski definition) is 2. The first-order valence-corrected chi connectivity index (χ1v) is 8.06. The van der Waals surface area contributed by atoms with Gasteiger partial charge in [0.1, 0.15) is 22.9 Å². The lowest BCUT2D eigenvalue weighted by molar-refractivity contribution is 0.143. The third kappa shape index (κ3) is 5.38. The molecule has 0 saturated heterocycles. The van der Waals surface area contributed by atoms with Gasteiger partial charge < -0.3 is 10.8 Å². The molecule has 1 aromatic carbocycles. The van der Waals surface area contributed by atoms with E-state index in [0.29, 0.717) is 21.4 Å². The third-order valence-electron chi connectivity index (χ3n) is 3.10. The molecular weight excluding hydrogens is 378 g/mol. The van der Waals surface area contributed by atoms with Gasteiger partial charge in [-0.25, -0.2) is 13.8 Å². The Labute approximate surface area is 148 Å². The van der Waals surface area contributed by atoms with Crippen LogP contribution in [0, 0.1) is 23.5 Å². The summed E-state index contributed by atoms with van der Waals surface area (Å²) < 4.78 is 27.3. The summed E-state index contributed by atoms with van der Waals surface area (Å²) in [6, 6.07) is 6.19. The van der Waals surface area contributed by atoms with E-state index in [1.807, 2.05) is 0 Å². The molecule has 0 aliphatic carbocycles. The van der Waals surface area contributed by atoms with Crippen LogP contribution in [0.5, 0.6) is 0 Å². The fourth-order valence-electron chi connectivity index (χ4n) is 2.08. The Morgan fingerprint density at radius 1 is 1.25 bits per heavy atom. The van der Waals surface area contributed by atoms with Crippen LogP contribution in [-0.4, -0.2) is 15.7 Å². The molecule has 0 bridgehead atoms. The molecule has 2 aromatic rings. The SMILES string of the molecule is CC(C)(O)C#Cc1ccc(Br)c([C@@H](N)Cc2cc(F)cc(F)c2)n1. The van der Waals surface area contributed by atoms with Crippen LogP contribution in [0.4, 0.5) is 8.78 Å². The Bertz CT molecular complexity index is 787. The number of halogens is 3. The predicted octanol–water partition coefficient (Wildman–Crippen LogP) is 3.49. The van der Waals surface area contributed by atoms with Gasteiger partial charge in [-0.3, -0.25) is 0 Å². The van der Waals surface area contributed by atoms with Crippen molar-refractivity contribution in [3.8, 4) is 11.8 Å². The quantitative estimate of drug-likeness (QED) is 0.783. The predicted molar refractivity (Wildman–Crippen MR) is 92.1 cm³/mol. The zero-order chi connectivity index (χ0) is 17.9. The molecule has 3 N–H and O–H groups in total. The van der Waals surface area contributed by atoms with Gasteiger partial charge in [0, 0.05) is 10.5 Å². The van der Waals surface area contributed by atoms with Gasteiger partial charge in [0.2, 0.25) is 0 Å². The van der Waals surface area contributed by atoms with E-state index in [0.717, 1.165) is 6.07 Å². The van der Waals surface area contributed by atoms with Crippen LogP contribution in [0.15, 0.2) is 34.8 Å². The molecule has 126 valence electrons. The highest BCUT2D eigenvalue weighted by atomic mass is 79.9. The van der Waals surface area contributed by atoms with Gasteiger partial charge in [-0.2, -0.15) is 0 Å². The van der Waals surface area contributed by atoms with Crippen molar-refractivity contribution in [3.63, 3.8) is 0 Å². The summed E-state index contributed by atoms with van der Waals surface area (Å²) in [4.78, 5) is 4.37. The van der Waals surface area contributed by atoms with E-state index >= 15 is 0 Å². The van der Waals surface area contributed by atoms with Crippen molar-refractivity contribution in [2.24, 2.45) is 5.73 Å². The average molecular weight is 395 g/mol. The molecule has 3 nitrogen and oxygen atoms in total. The molecule has 0 unspecified atom stereocenters. The summed E-state index contributed by atoms with van der Waals surface area (Å²) in [6.07, 6.45) is 0.225. The minimum absolute atomic E-state index is 0.225. The number of hydrogen-bond acceptors (Lipinski definition) is 3. The van der Waals surface area contributed by atoms with Crippen LogP contribution in [0.25, 0.3) is 0 Å². The summed E-state index contributed by atoms with van der Waals surface area (Å²) in [5.41, 5.74) is 6.45. The second-order valence-corrected chi connectivity index (χ2v) is 6.82. The highest BCUT2D eigenvalue weighted by Gasteiger charge is 2.15. The number of pyridine rings is 1. The van der Waals surface area contributed by atoms with Crippen molar-refractivity contribution in [3.05, 3.63) is 63.4 Å². The highest BCUT2D eigenvalue weighted by molar-refractivity contribution is 9.10. The Kier molecular flexibility index (Phi) is 5.70. The Balaban J connectivity index is 2.27. The Hall–Kier alpha value is -1.81. The molecular formula is C18H17BrF2N2O. The van der Waals surface area contributed by atoms with Crippen LogP contribution in [-0.2, 0) is 6.42 Å². The van der Waals surface area contributed by atoms with Gasteiger partial charge in [0.05, 0.1) is 11.7 Å². The van der Waals surface area contributed by atoms with E-state index < -0.39 is 23.3 Å². The molecule has 1 heterocycles. The third-order valence-corrected chi connectivity index (χ3v) is 3.77. The fourth-order valence-corrected chi connectivity index (χ4v) is 2.60. The first-order valence-electron chi connectivity index (χ1n) is 7.26. The summed E-state index contributed by atoms with van der Waals surface area (Å²) in [6.45, 7) is 3.15. The lowest BCUT2D eigenvalue weighted by atomic mass is 10.0. The van der Waals surface area contributed by atoms with Crippen LogP contribution >= 0.6 is 15.9 Å². The molecule has 1 atom stereocenters. The molecule has 6 heteroatoms. The van der Waals surface area contributed by atoms with Crippen molar-refractivity contribution in [2.45, 2.75) is 31.9 Å². The first-order chi connectivity index (χ1) is 11.1. The van der Waals surface area contributed by atoms with E-state index in [4.69, 9.17) is 5.73 Å². The van der Waals surface area contributed by atoms with Crippen LogP contribution in [0.1, 0.15) is 36.8 Å². The van der Waals surface area contributed by atoms with E-state index in [9.17, 15) is 13.9 Å². The number of aliphatic hydroxyl groups is 1. The summed E-state index contributed by atoms with van der Waals surface area (Å²) >= 11 is 3.38. The minimum atomic E-state index is -1.13. The summed E-state index contributed by atoms with van der Waals surface area (Å²) in [5, 5.41) is 9.65. The normalized spacial score (nSPS) is 12.5. The molecule has 0 spiro atoms. The molecule has 0 radical (unpaired) electrons. The molecule has 24 heavy (non-hydrogen) atoms. The van der Waals surface area contributed by atoms with Crippen LogP contribution in [0.3, 0.4) is 0 Å². The van der Waals surface area contributed by atoms with Gasteiger partial charge in [-0.15, -0.1) is 0 Å². The van der Waals surface area contributed by atoms with Gasteiger partial charge >= 0.3 is 0 Å². The smallest absolute Gasteiger partial charge is 0.126 e. The summed E-state index contributed by atoms with van der Waals surface area (Å²) in [7, 11) is 0. The highest BCUT2D eigenvalue weighted by Crippen LogP contribution is 2.24. The van der Waals surface area contributed by atoms with E-state index in [1.165, 1.54) is 12.1 Å². The van der Waals surface area contributed by atoms with E-state index in [1.54, 1.807) is 26.0 Å². The minimum Gasteiger partial charge on any atom is -0.378 e. The maximum Gasteiger partial charge on any atom is 0.126 e. The average Bonchev–Trinajstić information content (AvgIpc) is 2.44. The summed E-state index contributed by atoms with van der Waals surface area (Å²) in [5.74, 6) is 4.17. The number of benzene rings is 1. The molecule has 0 aliphatic heterocycles. The maximum absolute atomic E-state index is 13.3. The Morgan fingerprint density at radius 2 is 1.88 bits per heavy atom. The van der Waals surface area contributed by atoms with Crippen LogP contribution in [0.2, 0.25) is 0 Å². The fraction of sp³-hybridized carbons (Fsp3) is 0.278. The Morgan fingerprint density at radius 3 is 2.46 bits per heavy atom. The second kappa shape index (κ2) is 7.39. The number of nitrogens with two attached hydrogens (primary N) is 1. The van der Waals surface area contributed by atoms with E-state index in [-0.39, 0.29) is 6.42 Å². The topological polar surface area (TPSA) is 59.1 Å². The largest absolute Gasteiger partial charge is 0.378 e. The van der Waals surface area contributed by atoms with Gasteiger partial charge in [-0.1, -0.05) is 5.92 Å². The lowest BCUT2D eigenvalue weighted by Gasteiger charge is -2.14.